The van der Waals surface area contributed by atoms with E-state index >= 15 is 0 Å². The number of Topliss-reactive ketones (excluding diaryl/α,β-unsaturated/α-hetero) is 1. The summed E-state index contributed by atoms with van der Waals surface area (Å²) in [5, 5.41) is 8.26. The highest BCUT2D eigenvalue weighted by molar-refractivity contribution is 6.02. The van der Waals surface area contributed by atoms with Crippen LogP contribution in [0.15, 0.2) is 54.6 Å². The molecule has 0 aromatic heterocycles. The van der Waals surface area contributed by atoms with Gasteiger partial charge in [-0.1, -0.05) is 30.3 Å². The highest BCUT2D eigenvalue weighted by atomic mass is 17.1. The molecule has 2 aromatic rings. The fourth-order valence-electron chi connectivity index (χ4n) is 2.50. The largest absolute Gasteiger partial charge is 0.494 e. The molecule has 0 atom stereocenters. The van der Waals surface area contributed by atoms with Crippen LogP contribution in [-0.2, 0) is 20.1 Å². The van der Waals surface area contributed by atoms with Crippen LogP contribution in [0.4, 0.5) is 0 Å². The van der Waals surface area contributed by atoms with Crippen LogP contribution in [0.5, 0.6) is 5.75 Å². The first kappa shape index (κ1) is 19.1. The molecule has 0 aliphatic carbocycles. The van der Waals surface area contributed by atoms with E-state index in [2.05, 4.69) is 4.89 Å². The zero-order valence-electron chi connectivity index (χ0n) is 14.3. The van der Waals surface area contributed by atoms with Gasteiger partial charge in [0.25, 0.3) is 5.79 Å². The van der Waals surface area contributed by atoms with E-state index in [0.717, 1.165) is 0 Å². The van der Waals surface area contributed by atoms with Gasteiger partial charge >= 0.3 is 0 Å². The van der Waals surface area contributed by atoms with Gasteiger partial charge in [0, 0.05) is 31.8 Å². The number of hydrogen-bond acceptors (Lipinski definition) is 6. The summed E-state index contributed by atoms with van der Waals surface area (Å²) in [4.78, 5) is 17.0. The lowest BCUT2D eigenvalue weighted by atomic mass is 9.96. The molecule has 0 saturated carbocycles. The zero-order chi connectivity index (χ0) is 18.1. The molecular weight excluding hydrogens is 324 g/mol. The molecule has 6 nitrogen and oxygen atoms in total. The minimum atomic E-state index is -1.50. The van der Waals surface area contributed by atoms with Crippen molar-refractivity contribution in [3.8, 4) is 5.75 Å². The third-order valence-corrected chi connectivity index (χ3v) is 3.79. The molecule has 1 N–H and O–H groups in total. The Morgan fingerprint density at radius 2 is 1.60 bits per heavy atom. The SMILES string of the molecule is COC(OC)(C(=O)c1ccc(OCCCOO)cc1)c1ccccc1. The summed E-state index contributed by atoms with van der Waals surface area (Å²) in [6, 6.07) is 15.8. The molecule has 0 heterocycles. The first-order valence-corrected chi connectivity index (χ1v) is 7.87. The minimum absolute atomic E-state index is 0.206. The first-order valence-electron chi connectivity index (χ1n) is 7.87. The third-order valence-electron chi connectivity index (χ3n) is 3.79. The Bertz CT molecular complexity index is 649. The molecule has 0 spiro atoms. The van der Waals surface area contributed by atoms with E-state index in [0.29, 0.717) is 29.9 Å². The molecule has 134 valence electrons. The van der Waals surface area contributed by atoms with Gasteiger partial charge in [-0.05, 0) is 24.3 Å². The quantitative estimate of drug-likeness (QED) is 0.234. The molecule has 0 saturated heterocycles. The van der Waals surface area contributed by atoms with E-state index in [1.807, 2.05) is 18.2 Å². The Morgan fingerprint density at radius 1 is 0.960 bits per heavy atom. The summed E-state index contributed by atoms with van der Waals surface area (Å²) in [5.41, 5.74) is 1.06. The van der Waals surface area contributed by atoms with E-state index in [1.54, 1.807) is 36.4 Å². The molecule has 0 radical (unpaired) electrons. The topological polar surface area (TPSA) is 74.2 Å². The highest BCUT2D eigenvalue weighted by Crippen LogP contribution is 2.30. The summed E-state index contributed by atoms with van der Waals surface area (Å²) in [5.74, 6) is -1.18. The van der Waals surface area contributed by atoms with Gasteiger partial charge in [-0.2, -0.15) is 0 Å². The predicted molar refractivity (Wildman–Crippen MR) is 91.6 cm³/mol. The van der Waals surface area contributed by atoms with Crippen molar-refractivity contribution in [3.63, 3.8) is 0 Å². The second-order valence-electron chi connectivity index (χ2n) is 5.28. The fraction of sp³-hybridized carbons (Fsp3) is 0.316. The van der Waals surface area contributed by atoms with Crippen molar-refractivity contribution in [2.75, 3.05) is 27.4 Å². The van der Waals surface area contributed by atoms with E-state index in [4.69, 9.17) is 19.5 Å². The fourth-order valence-corrected chi connectivity index (χ4v) is 2.50. The first-order chi connectivity index (χ1) is 12.2. The van der Waals surface area contributed by atoms with Crippen molar-refractivity contribution in [2.24, 2.45) is 0 Å². The molecule has 0 unspecified atom stereocenters. The van der Waals surface area contributed by atoms with Crippen LogP contribution >= 0.6 is 0 Å². The smallest absolute Gasteiger partial charge is 0.260 e. The predicted octanol–water partition coefficient (Wildman–Crippen LogP) is 3.27. The molecule has 0 fully saturated rings. The van der Waals surface area contributed by atoms with Gasteiger partial charge < -0.3 is 14.2 Å². The molecule has 0 aliphatic heterocycles. The normalized spacial score (nSPS) is 11.3. The lowest BCUT2D eigenvalue weighted by Crippen LogP contribution is -2.39. The average molecular weight is 346 g/mol. The Morgan fingerprint density at radius 3 is 2.16 bits per heavy atom. The molecule has 25 heavy (non-hydrogen) atoms. The zero-order valence-corrected chi connectivity index (χ0v) is 14.3. The third kappa shape index (κ3) is 4.43. The number of ether oxygens (including phenoxy) is 3. The van der Waals surface area contributed by atoms with Gasteiger partial charge in [0.15, 0.2) is 0 Å². The molecule has 2 rings (SSSR count). The summed E-state index contributed by atoms with van der Waals surface area (Å²) in [6.45, 7) is 0.607. The summed E-state index contributed by atoms with van der Waals surface area (Å²) in [6.07, 6.45) is 0.557. The number of benzene rings is 2. The van der Waals surface area contributed by atoms with Crippen LogP contribution in [0.25, 0.3) is 0 Å². The van der Waals surface area contributed by atoms with Crippen LogP contribution in [0, 0.1) is 0 Å². The summed E-state index contributed by atoms with van der Waals surface area (Å²) >= 11 is 0. The standard InChI is InChI=1S/C19H22O6/c1-22-19(23-2,16-7-4-3-5-8-16)18(20)15-9-11-17(12-10-15)24-13-6-14-25-21/h3-5,7-12,21H,6,13-14H2,1-2H3. The molecular formula is C19H22O6. The van der Waals surface area contributed by atoms with Gasteiger partial charge in [-0.25, -0.2) is 4.89 Å². The number of carbonyl (C=O) groups excluding carboxylic acids is 1. The molecule has 0 bridgehead atoms. The Kier molecular flexibility index (Phi) is 7.09. The van der Waals surface area contributed by atoms with Gasteiger partial charge in [0.2, 0.25) is 5.78 Å². The van der Waals surface area contributed by atoms with Crippen LogP contribution in [0.3, 0.4) is 0 Å². The van der Waals surface area contributed by atoms with E-state index < -0.39 is 5.79 Å². The van der Waals surface area contributed by atoms with E-state index in [-0.39, 0.29) is 12.4 Å². The second-order valence-corrected chi connectivity index (χ2v) is 5.28. The summed E-state index contributed by atoms with van der Waals surface area (Å²) in [7, 11) is 2.88. The van der Waals surface area contributed by atoms with Gasteiger partial charge in [-0.15, -0.1) is 0 Å². The Hall–Kier alpha value is -2.25. The van der Waals surface area contributed by atoms with E-state index in [9.17, 15) is 4.79 Å². The van der Waals surface area contributed by atoms with E-state index in [1.165, 1.54) is 14.2 Å². The van der Waals surface area contributed by atoms with Gasteiger partial charge in [-0.3, -0.25) is 10.1 Å². The average Bonchev–Trinajstić information content (AvgIpc) is 2.68. The highest BCUT2D eigenvalue weighted by Gasteiger charge is 2.41. The van der Waals surface area contributed by atoms with Gasteiger partial charge in [0.1, 0.15) is 5.75 Å². The maximum atomic E-state index is 13.0. The number of hydrogen-bond donors (Lipinski definition) is 1. The van der Waals surface area contributed by atoms with Crippen LogP contribution < -0.4 is 4.74 Å². The van der Waals surface area contributed by atoms with Crippen molar-refractivity contribution in [1.82, 2.24) is 0 Å². The van der Waals surface area contributed by atoms with Crippen molar-refractivity contribution in [2.45, 2.75) is 12.2 Å². The lowest BCUT2D eigenvalue weighted by Gasteiger charge is -2.29. The second kappa shape index (κ2) is 9.29. The minimum Gasteiger partial charge on any atom is -0.494 e. The monoisotopic (exact) mass is 346 g/mol. The maximum Gasteiger partial charge on any atom is 0.260 e. The van der Waals surface area contributed by atoms with Crippen LogP contribution in [0.1, 0.15) is 22.3 Å². The maximum absolute atomic E-state index is 13.0. The van der Waals surface area contributed by atoms with Crippen molar-refractivity contribution in [1.29, 1.82) is 0 Å². The lowest BCUT2D eigenvalue weighted by molar-refractivity contribution is -0.243. The van der Waals surface area contributed by atoms with Crippen molar-refractivity contribution >= 4 is 5.78 Å². The van der Waals surface area contributed by atoms with Gasteiger partial charge in [0.05, 0.1) is 13.2 Å². The Balaban J connectivity index is 2.17. The molecule has 0 aliphatic rings. The number of methoxy groups -OCH3 is 2. The van der Waals surface area contributed by atoms with Crippen molar-refractivity contribution in [3.05, 3.63) is 65.7 Å². The molecule has 6 heteroatoms. The number of carbonyl (C=O) groups is 1. The van der Waals surface area contributed by atoms with Crippen molar-refractivity contribution < 1.29 is 29.1 Å². The van der Waals surface area contributed by atoms with Crippen LogP contribution in [0.2, 0.25) is 0 Å². The molecule has 0 amide bonds. The van der Waals surface area contributed by atoms with Crippen LogP contribution in [-0.4, -0.2) is 38.5 Å². The molecule has 2 aromatic carbocycles. The summed E-state index contributed by atoms with van der Waals surface area (Å²) < 4.78 is 16.4. The number of rotatable bonds is 10. The Labute approximate surface area is 146 Å². The number of ketones is 1.